The Kier molecular flexibility index (Phi) is 4.49. The van der Waals surface area contributed by atoms with Crippen molar-refractivity contribution in [2.45, 2.75) is 44.2 Å². The van der Waals surface area contributed by atoms with E-state index in [2.05, 4.69) is 15.5 Å². The summed E-state index contributed by atoms with van der Waals surface area (Å²) in [5, 5.41) is 10.8. The molecule has 0 saturated carbocycles. The van der Waals surface area contributed by atoms with Gasteiger partial charge in [-0.3, -0.25) is 4.79 Å². The summed E-state index contributed by atoms with van der Waals surface area (Å²) in [5.74, 6) is 1.07. The maximum absolute atomic E-state index is 11.8. The molecule has 0 aliphatic rings. The zero-order chi connectivity index (χ0) is 14.7. The van der Waals surface area contributed by atoms with Gasteiger partial charge in [-0.25, -0.2) is 0 Å². The molecular weight excluding hydrogens is 278 g/mol. The van der Waals surface area contributed by atoms with Gasteiger partial charge in [-0.05, 0) is 33.8 Å². The molecule has 2 rings (SSSR count). The van der Waals surface area contributed by atoms with Crippen LogP contribution in [0, 0.1) is 6.92 Å². The summed E-state index contributed by atoms with van der Waals surface area (Å²) < 4.78 is 10.7. The Hall–Kier alpha value is -1.76. The lowest BCUT2D eigenvalue weighted by Gasteiger charge is -2.12. The minimum atomic E-state index is -0.295. The normalized spacial score (nSPS) is 12.7. The summed E-state index contributed by atoms with van der Waals surface area (Å²) in [6.07, 6.45) is 1.57. The first-order chi connectivity index (χ1) is 9.47. The van der Waals surface area contributed by atoms with Crippen molar-refractivity contribution in [2.75, 3.05) is 0 Å². The summed E-state index contributed by atoms with van der Waals surface area (Å²) >= 11 is 1.23. The molecule has 0 aromatic carbocycles. The fraction of sp³-hybridized carbons (Fsp3) is 0.462. The average Bonchev–Trinajstić information content (AvgIpc) is 2.97. The number of rotatable bonds is 5. The van der Waals surface area contributed by atoms with Crippen LogP contribution in [0.2, 0.25) is 0 Å². The highest BCUT2D eigenvalue weighted by Crippen LogP contribution is 2.28. The molecule has 2 aromatic heterocycles. The van der Waals surface area contributed by atoms with Crippen LogP contribution in [0.15, 0.2) is 26.4 Å². The van der Waals surface area contributed by atoms with Crippen LogP contribution >= 0.6 is 11.8 Å². The first-order valence-electron chi connectivity index (χ1n) is 6.32. The van der Waals surface area contributed by atoms with Gasteiger partial charge in [0, 0.05) is 6.04 Å². The third-order valence-corrected chi connectivity index (χ3v) is 3.51. The van der Waals surface area contributed by atoms with Crippen molar-refractivity contribution >= 4 is 17.7 Å². The van der Waals surface area contributed by atoms with E-state index in [-0.39, 0.29) is 17.2 Å². The van der Waals surface area contributed by atoms with Crippen molar-refractivity contribution in [2.24, 2.45) is 0 Å². The molecule has 6 nitrogen and oxygen atoms in total. The average molecular weight is 295 g/mol. The fourth-order valence-electron chi connectivity index (χ4n) is 1.58. The van der Waals surface area contributed by atoms with Crippen molar-refractivity contribution in [1.82, 2.24) is 15.5 Å². The SMILES string of the molecule is Cc1occc1-c1nnc(S[C@@H](C)C(=O)NC(C)C)o1. The van der Waals surface area contributed by atoms with Crippen LogP contribution in [0.1, 0.15) is 26.5 Å². The lowest BCUT2D eigenvalue weighted by Crippen LogP contribution is -2.35. The molecule has 0 saturated heterocycles. The van der Waals surface area contributed by atoms with E-state index in [0.29, 0.717) is 11.1 Å². The fourth-order valence-corrected chi connectivity index (χ4v) is 2.27. The summed E-state index contributed by atoms with van der Waals surface area (Å²) in [5.41, 5.74) is 0.767. The molecule has 0 radical (unpaired) electrons. The summed E-state index contributed by atoms with van der Waals surface area (Å²) in [6, 6.07) is 1.88. The number of hydrogen-bond donors (Lipinski definition) is 1. The summed E-state index contributed by atoms with van der Waals surface area (Å²) in [7, 11) is 0. The number of carbonyl (C=O) groups is 1. The first kappa shape index (κ1) is 14.6. The summed E-state index contributed by atoms with van der Waals surface area (Å²) in [4.78, 5) is 11.8. The van der Waals surface area contributed by atoms with Crippen molar-refractivity contribution in [3.05, 3.63) is 18.1 Å². The zero-order valence-electron chi connectivity index (χ0n) is 11.8. The number of nitrogens with zero attached hydrogens (tertiary/aromatic N) is 2. The van der Waals surface area contributed by atoms with E-state index < -0.39 is 0 Å². The molecule has 0 fully saturated rings. The van der Waals surface area contributed by atoms with E-state index in [1.165, 1.54) is 11.8 Å². The van der Waals surface area contributed by atoms with Gasteiger partial charge in [0.1, 0.15) is 5.76 Å². The Morgan fingerprint density at radius 3 is 2.70 bits per heavy atom. The van der Waals surface area contributed by atoms with E-state index in [0.717, 1.165) is 11.3 Å². The van der Waals surface area contributed by atoms with Crippen LogP contribution in [-0.4, -0.2) is 27.4 Å². The lowest BCUT2D eigenvalue weighted by molar-refractivity contribution is -0.120. The van der Waals surface area contributed by atoms with E-state index in [4.69, 9.17) is 8.83 Å². The largest absolute Gasteiger partial charge is 0.469 e. The maximum Gasteiger partial charge on any atom is 0.277 e. The second-order valence-electron chi connectivity index (χ2n) is 4.69. The standard InChI is InChI=1S/C13H17N3O3S/c1-7(2)14-11(17)9(4)20-13-16-15-12(19-13)10-5-6-18-8(10)3/h5-7,9H,1-4H3,(H,14,17)/t9-/m0/s1. The minimum absolute atomic E-state index is 0.0516. The molecule has 7 heteroatoms. The lowest BCUT2D eigenvalue weighted by atomic mass is 10.3. The highest BCUT2D eigenvalue weighted by molar-refractivity contribution is 8.00. The van der Waals surface area contributed by atoms with Gasteiger partial charge >= 0.3 is 0 Å². The van der Waals surface area contributed by atoms with E-state index in [1.54, 1.807) is 19.3 Å². The Morgan fingerprint density at radius 2 is 2.10 bits per heavy atom. The van der Waals surface area contributed by atoms with Crippen molar-refractivity contribution in [3.63, 3.8) is 0 Å². The Bertz CT molecular complexity index is 591. The molecule has 1 amide bonds. The molecule has 1 N–H and O–H groups in total. The molecule has 0 bridgehead atoms. The van der Waals surface area contributed by atoms with Crippen molar-refractivity contribution in [1.29, 1.82) is 0 Å². The predicted octanol–water partition coefficient (Wildman–Crippen LogP) is 2.64. The molecule has 0 aliphatic heterocycles. The molecular formula is C13H17N3O3S. The van der Waals surface area contributed by atoms with Gasteiger partial charge in [-0.1, -0.05) is 11.8 Å². The molecule has 108 valence electrons. The number of aromatic nitrogens is 2. The van der Waals surface area contributed by atoms with Gasteiger partial charge in [-0.2, -0.15) is 0 Å². The van der Waals surface area contributed by atoms with Gasteiger partial charge in [0.25, 0.3) is 11.1 Å². The second kappa shape index (κ2) is 6.13. The van der Waals surface area contributed by atoms with Crippen molar-refractivity contribution < 1.29 is 13.6 Å². The van der Waals surface area contributed by atoms with E-state index in [1.807, 2.05) is 20.8 Å². The van der Waals surface area contributed by atoms with Crippen LogP contribution < -0.4 is 5.32 Å². The van der Waals surface area contributed by atoms with Crippen LogP contribution in [0.4, 0.5) is 0 Å². The van der Waals surface area contributed by atoms with Gasteiger partial charge in [0.15, 0.2) is 0 Å². The third-order valence-electron chi connectivity index (χ3n) is 2.57. The molecule has 0 spiro atoms. The number of hydrogen-bond acceptors (Lipinski definition) is 6. The zero-order valence-corrected chi connectivity index (χ0v) is 12.7. The number of nitrogens with one attached hydrogen (secondary N) is 1. The molecule has 0 unspecified atom stereocenters. The Labute approximate surface area is 121 Å². The maximum atomic E-state index is 11.8. The van der Waals surface area contributed by atoms with Gasteiger partial charge < -0.3 is 14.2 Å². The number of amides is 1. The van der Waals surface area contributed by atoms with Crippen LogP contribution in [0.5, 0.6) is 0 Å². The molecule has 0 aliphatic carbocycles. The monoisotopic (exact) mass is 295 g/mol. The highest BCUT2D eigenvalue weighted by atomic mass is 32.2. The number of furan rings is 1. The van der Waals surface area contributed by atoms with Crippen LogP contribution in [0.3, 0.4) is 0 Å². The number of carbonyl (C=O) groups excluding carboxylic acids is 1. The van der Waals surface area contributed by atoms with Gasteiger partial charge in [0.2, 0.25) is 5.91 Å². The predicted molar refractivity (Wildman–Crippen MR) is 75.3 cm³/mol. The van der Waals surface area contributed by atoms with Crippen LogP contribution in [-0.2, 0) is 4.79 Å². The van der Waals surface area contributed by atoms with Gasteiger partial charge in [0.05, 0.1) is 17.1 Å². The highest BCUT2D eigenvalue weighted by Gasteiger charge is 2.20. The third kappa shape index (κ3) is 3.41. The Morgan fingerprint density at radius 1 is 1.35 bits per heavy atom. The first-order valence-corrected chi connectivity index (χ1v) is 7.20. The quantitative estimate of drug-likeness (QED) is 0.854. The summed E-state index contributed by atoms with van der Waals surface area (Å²) in [6.45, 7) is 7.46. The van der Waals surface area contributed by atoms with Crippen LogP contribution in [0.25, 0.3) is 11.5 Å². The van der Waals surface area contributed by atoms with Crippen molar-refractivity contribution in [3.8, 4) is 11.5 Å². The molecule has 20 heavy (non-hydrogen) atoms. The van der Waals surface area contributed by atoms with E-state index in [9.17, 15) is 4.79 Å². The molecule has 1 atom stereocenters. The number of aryl methyl sites for hydroxylation is 1. The molecule has 2 heterocycles. The Balaban J connectivity index is 2.03. The molecule has 2 aromatic rings. The van der Waals surface area contributed by atoms with Gasteiger partial charge in [-0.15, -0.1) is 10.2 Å². The second-order valence-corrected chi connectivity index (χ2v) is 5.98. The topological polar surface area (TPSA) is 81.2 Å². The smallest absolute Gasteiger partial charge is 0.277 e. The van der Waals surface area contributed by atoms with E-state index >= 15 is 0 Å². The minimum Gasteiger partial charge on any atom is -0.469 e. The number of thioether (sulfide) groups is 1.